The number of imidazole rings is 1. The van der Waals surface area contributed by atoms with Crippen LogP contribution in [0.15, 0.2) is 29.4 Å². The summed E-state index contributed by atoms with van der Waals surface area (Å²) in [4.78, 5) is 28.3. The lowest BCUT2D eigenvalue weighted by atomic mass is 10.2. The summed E-state index contributed by atoms with van der Waals surface area (Å²) in [6, 6.07) is 7.07. The Morgan fingerprint density at radius 1 is 1.07 bits per heavy atom. The summed E-state index contributed by atoms with van der Waals surface area (Å²) in [6.45, 7) is 12.6. The first kappa shape index (κ1) is 21.0. The quantitative estimate of drug-likeness (QED) is 0.696. The van der Waals surface area contributed by atoms with Crippen molar-refractivity contribution in [1.29, 1.82) is 0 Å². The Labute approximate surface area is 165 Å². The van der Waals surface area contributed by atoms with E-state index in [1.165, 1.54) is 18.7 Å². The molecule has 146 valence electrons. The van der Waals surface area contributed by atoms with Crippen molar-refractivity contribution in [3.63, 3.8) is 0 Å². The largest absolute Gasteiger partial charge is 0.326 e. The molecule has 1 heterocycles. The zero-order valence-corrected chi connectivity index (χ0v) is 17.6. The molecule has 2 N–H and O–H groups in total. The molecule has 2 rings (SSSR count). The first-order valence-corrected chi connectivity index (χ1v) is 9.94. The van der Waals surface area contributed by atoms with Gasteiger partial charge in [-0.3, -0.25) is 9.59 Å². The van der Waals surface area contributed by atoms with E-state index in [-0.39, 0.29) is 17.1 Å². The minimum Gasteiger partial charge on any atom is -0.326 e. The lowest BCUT2D eigenvalue weighted by molar-refractivity contribution is -0.115. The number of hydrogen-bond acceptors (Lipinski definition) is 4. The van der Waals surface area contributed by atoms with E-state index in [0.29, 0.717) is 17.3 Å². The molecule has 1 aromatic heterocycles. The molecule has 0 spiro atoms. The summed E-state index contributed by atoms with van der Waals surface area (Å²) in [5, 5.41) is 6.21. The standard InChI is InChI=1S/C20H28N4O2S/c1-12(2)11-24-14(4)13(3)21-20(24)27-15(5)19(26)23-18-9-7-17(8-10-18)22-16(6)25/h7-10,12,15H,11H2,1-6H3,(H,22,25)(H,23,26)/t15-/m1/s1. The summed E-state index contributed by atoms with van der Waals surface area (Å²) >= 11 is 1.47. The van der Waals surface area contributed by atoms with Gasteiger partial charge in [0, 0.05) is 30.5 Å². The summed E-state index contributed by atoms with van der Waals surface area (Å²) in [5.41, 5.74) is 3.54. The summed E-state index contributed by atoms with van der Waals surface area (Å²) in [7, 11) is 0. The van der Waals surface area contributed by atoms with E-state index in [4.69, 9.17) is 0 Å². The van der Waals surface area contributed by atoms with Crippen LogP contribution in [0.3, 0.4) is 0 Å². The lowest BCUT2D eigenvalue weighted by Gasteiger charge is -2.15. The highest BCUT2D eigenvalue weighted by Crippen LogP contribution is 2.27. The molecule has 0 aliphatic heterocycles. The van der Waals surface area contributed by atoms with Gasteiger partial charge in [-0.15, -0.1) is 0 Å². The molecule has 0 aliphatic rings. The van der Waals surface area contributed by atoms with Gasteiger partial charge in [0.1, 0.15) is 0 Å². The van der Waals surface area contributed by atoms with Crippen LogP contribution in [-0.4, -0.2) is 26.6 Å². The van der Waals surface area contributed by atoms with Crippen molar-refractivity contribution in [2.24, 2.45) is 5.92 Å². The molecule has 0 radical (unpaired) electrons. The van der Waals surface area contributed by atoms with Gasteiger partial charge in [0.05, 0.1) is 10.9 Å². The van der Waals surface area contributed by atoms with Crippen LogP contribution in [0.5, 0.6) is 0 Å². The molecule has 0 fully saturated rings. The number of hydrogen-bond donors (Lipinski definition) is 2. The highest BCUT2D eigenvalue weighted by Gasteiger charge is 2.20. The summed E-state index contributed by atoms with van der Waals surface area (Å²) in [6.07, 6.45) is 0. The van der Waals surface area contributed by atoms with E-state index in [0.717, 1.165) is 23.1 Å². The average Bonchev–Trinajstić information content (AvgIpc) is 2.83. The molecule has 1 aromatic carbocycles. The van der Waals surface area contributed by atoms with Crippen LogP contribution in [0.2, 0.25) is 0 Å². The van der Waals surface area contributed by atoms with Crippen LogP contribution in [0.25, 0.3) is 0 Å². The minimum atomic E-state index is -0.285. The predicted octanol–water partition coefficient (Wildman–Crippen LogP) is 4.23. The first-order valence-electron chi connectivity index (χ1n) is 9.06. The van der Waals surface area contributed by atoms with E-state index < -0.39 is 0 Å². The van der Waals surface area contributed by atoms with Crippen molar-refractivity contribution in [1.82, 2.24) is 9.55 Å². The monoisotopic (exact) mass is 388 g/mol. The number of thioether (sulfide) groups is 1. The maximum absolute atomic E-state index is 12.6. The molecule has 0 saturated carbocycles. The zero-order chi connectivity index (χ0) is 20.1. The Morgan fingerprint density at radius 2 is 1.63 bits per heavy atom. The fraction of sp³-hybridized carbons (Fsp3) is 0.450. The van der Waals surface area contributed by atoms with Crippen LogP contribution in [0.1, 0.15) is 39.1 Å². The number of carbonyl (C=O) groups excluding carboxylic acids is 2. The molecule has 6 nitrogen and oxygen atoms in total. The Hall–Kier alpha value is -2.28. The fourth-order valence-electron chi connectivity index (χ4n) is 2.59. The second-order valence-electron chi connectivity index (χ2n) is 7.08. The highest BCUT2D eigenvalue weighted by molar-refractivity contribution is 8.00. The van der Waals surface area contributed by atoms with Gasteiger partial charge in [0.2, 0.25) is 11.8 Å². The number of carbonyl (C=O) groups is 2. The Bertz CT molecular complexity index is 812. The van der Waals surface area contributed by atoms with Crippen LogP contribution >= 0.6 is 11.8 Å². The molecular weight excluding hydrogens is 360 g/mol. The van der Waals surface area contributed by atoms with E-state index >= 15 is 0 Å². The van der Waals surface area contributed by atoms with Crippen molar-refractivity contribution >= 4 is 35.0 Å². The Balaban J connectivity index is 2.03. The predicted molar refractivity (Wildman–Crippen MR) is 111 cm³/mol. The number of nitrogens with zero attached hydrogens (tertiary/aromatic N) is 2. The maximum Gasteiger partial charge on any atom is 0.237 e. The third-order valence-corrected chi connectivity index (χ3v) is 5.18. The molecule has 0 bridgehead atoms. The molecular formula is C20H28N4O2S. The van der Waals surface area contributed by atoms with Gasteiger partial charge >= 0.3 is 0 Å². The normalized spacial score (nSPS) is 12.1. The van der Waals surface area contributed by atoms with Crippen molar-refractivity contribution in [2.45, 2.75) is 58.5 Å². The lowest BCUT2D eigenvalue weighted by Crippen LogP contribution is -2.23. The van der Waals surface area contributed by atoms with Crippen LogP contribution in [-0.2, 0) is 16.1 Å². The average molecular weight is 389 g/mol. The number of aryl methyl sites for hydroxylation is 1. The van der Waals surface area contributed by atoms with Crippen LogP contribution in [0.4, 0.5) is 11.4 Å². The van der Waals surface area contributed by atoms with Crippen molar-refractivity contribution < 1.29 is 9.59 Å². The van der Waals surface area contributed by atoms with Crippen molar-refractivity contribution in [3.8, 4) is 0 Å². The number of aromatic nitrogens is 2. The smallest absolute Gasteiger partial charge is 0.237 e. The molecule has 2 aromatic rings. The van der Waals surface area contributed by atoms with E-state index in [9.17, 15) is 9.59 Å². The third kappa shape index (κ3) is 5.85. The van der Waals surface area contributed by atoms with Crippen molar-refractivity contribution in [2.75, 3.05) is 10.6 Å². The van der Waals surface area contributed by atoms with Gasteiger partial charge in [0.15, 0.2) is 5.16 Å². The molecule has 7 heteroatoms. The fourth-order valence-corrected chi connectivity index (χ4v) is 3.60. The molecule has 0 unspecified atom stereocenters. The third-order valence-electron chi connectivity index (χ3n) is 4.09. The minimum absolute atomic E-state index is 0.0818. The summed E-state index contributed by atoms with van der Waals surface area (Å²) < 4.78 is 2.19. The second-order valence-corrected chi connectivity index (χ2v) is 8.39. The van der Waals surface area contributed by atoms with Gasteiger partial charge < -0.3 is 15.2 Å². The number of nitrogens with one attached hydrogen (secondary N) is 2. The van der Waals surface area contributed by atoms with Gasteiger partial charge in [-0.05, 0) is 51.0 Å². The van der Waals surface area contributed by atoms with E-state index in [1.54, 1.807) is 24.3 Å². The second kappa shape index (κ2) is 9.08. The van der Waals surface area contributed by atoms with Gasteiger partial charge in [-0.25, -0.2) is 4.98 Å². The maximum atomic E-state index is 12.6. The first-order chi connectivity index (χ1) is 12.7. The Kier molecular flexibility index (Phi) is 7.07. The molecule has 2 amide bonds. The number of anilines is 2. The van der Waals surface area contributed by atoms with E-state index in [1.807, 2.05) is 13.8 Å². The molecule has 1 atom stereocenters. The van der Waals surface area contributed by atoms with Gasteiger partial charge in [-0.2, -0.15) is 0 Å². The molecule has 0 saturated heterocycles. The van der Waals surface area contributed by atoms with Crippen molar-refractivity contribution in [3.05, 3.63) is 35.7 Å². The number of benzene rings is 1. The summed E-state index contributed by atoms with van der Waals surface area (Å²) in [5.74, 6) is 0.295. The molecule has 0 aliphatic carbocycles. The topological polar surface area (TPSA) is 76.0 Å². The van der Waals surface area contributed by atoms with Crippen LogP contribution < -0.4 is 10.6 Å². The highest BCUT2D eigenvalue weighted by atomic mass is 32.2. The van der Waals surface area contributed by atoms with Gasteiger partial charge in [-0.1, -0.05) is 25.6 Å². The van der Waals surface area contributed by atoms with Crippen LogP contribution in [0, 0.1) is 19.8 Å². The number of amides is 2. The zero-order valence-electron chi connectivity index (χ0n) is 16.8. The van der Waals surface area contributed by atoms with Gasteiger partial charge in [0.25, 0.3) is 0 Å². The Morgan fingerprint density at radius 3 is 2.15 bits per heavy atom. The SMILES string of the molecule is CC(=O)Nc1ccc(NC(=O)[C@@H](C)Sc2nc(C)c(C)n2CC(C)C)cc1. The molecule has 27 heavy (non-hydrogen) atoms. The van der Waals surface area contributed by atoms with E-state index in [2.05, 4.69) is 41.0 Å². The number of rotatable bonds is 7.